The van der Waals surface area contributed by atoms with Crippen LogP contribution in [0.25, 0.3) is 0 Å². The average Bonchev–Trinajstić information content (AvgIpc) is 2.38. The Morgan fingerprint density at radius 3 is 2.79 bits per heavy atom. The van der Waals surface area contributed by atoms with Gasteiger partial charge >= 0.3 is 0 Å². The molecule has 0 amide bonds. The summed E-state index contributed by atoms with van der Waals surface area (Å²) in [5, 5.41) is 13.5. The molecule has 0 radical (unpaired) electrons. The first-order chi connectivity index (χ1) is 9.10. The third-order valence-corrected chi connectivity index (χ3v) is 2.54. The van der Waals surface area contributed by atoms with Gasteiger partial charge in [-0.1, -0.05) is 11.6 Å². The number of rotatable bonds is 4. The minimum absolute atomic E-state index is 0.00500. The fourth-order valence-electron chi connectivity index (χ4n) is 1.35. The molecule has 1 aromatic heterocycles. The zero-order valence-corrected chi connectivity index (χ0v) is 10.6. The molecule has 7 nitrogen and oxygen atoms in total. The maximum Gasteiger partial charge on any atom is 0.288 e. The lowest BCUT2D eigenvalue weighted by atomic mass is 10.3. The Kier molecular flexibility index (Phi) is 3.76. The van der Waals surface area contributed by atoms with Crippen molar-refractivity contribution in [2.45, 2.75) is 0 Å². The van der Waals surface area contributed by atoms with E-state index in [0.717, 1.165) is 0 Å². The van der Waals surface area contributed by atoms with Gasteiger partial charge in [-0.3, -0.25) is 10.1 Å². The second-order valence-corrected chi connectivity index (χ2v) is 3.87. The summed E-state index contributed by atoms with van der Waals surface area (Å²) < 4.78 is 5.44. The van der Waals surface area contributed by atoms with E-state index in [9.17, 15) is 10.1 Å². The molecule has 2 aromatic rings. The second-order valence-electron chi connectivity index (χ2n) is 3.46. The molecule has 0 saturated carbocycles. The molecule has 1 heterocycles. The maximum atomic E-state index is 10.6. The Labute approximate surface area is 113 Å². The number of nitro groups is 1. The number of nitro benzene ring substituents is 1. The van der Waals surface area contributed by atoms with E-state index in [4.69, 9.17) is 16.3 Å². The van der Waals surface area contributed by atoms with Gasteiger partial charge in [0.2, 0.25) is 5.88 Å². The number of halogens is 1. The van der Waals surface area contributed by atoms with E-state index in [1.165, 1.54) is 24.5 Å². The van der Waals surface area contributed by atoms with Gasteiger partial charge in [0.1, 0.15) is 22.9 Å². The van der Waals surface area contributed by atoms with Crippen LogP contribution in [0.3, 0.4) is 0 Å². The Morgan fingerprint density at radius 1 is 1.37 bits per heavy atom. The van der Waals surface area contributed by atoms with Crippen LogP contribution in [0.2, 0.25) is 5.02 Å². The van der Waals surface area contributed by atoms with E-state index >= 15 is 0 Å². The molecule has 1 N–H and O–H groups in total. The van der Waals surface area contributed by atoms with Crippen molar-refractivity contribution < 1.29 is 9.66 Å². The Hall–Kier alpha value is -2.41. The van der Waals surface area contributed by atoms with Gasteiger partial charge in [-0.15, -0.1) is 0 Å². The molecule has 98 valence electrons. The monoisotopic (exact) mass is 280 g/mol. The molecule has 0 spiro atoms. The highest BCUT2D eigenvalue weighted by Gasteiger charge is 2.13. The first kappa shape index (κ1) is 13.0. The summed E-state index contributed by atoms with van der Waals surface area (Å²) in [6.07, 6.45) is 1.34. The predicted molar refractivity (Wildman–Crippen MR) is 69.8 cm³/mol. The molecule has 1 aromatic carbocycles. The molecule has 0 fully saturated rings. The molecular formula is C11H9ClN4O3. The van der Waals surface area contributed by atoms with Crippen LogP contribution in [0.4, 0.5) is 11.5 Å². The number of hydrogen-bond donors (Lipinski definition) is 1. The van der Waals surface area contributed by atoms with Crippen molar-refractivity contribution in [2.24, 2.45) is 0 Å². The van der Waals surface area contributed by atoms with Crippen molar-refractivity contribution in [3.05, 3.63) is 45.7 Å². The molecule has 0 aliphatic heterocycles. The van der Waals surface area contributed by atoms with Crippen molar-refractivity contribution >= 4 is 23.1 Å². The van der Waals surface area contributed by atoms with E-state index in [-0.39, 0.29) is 10.7 Å². The number of nitrogens with zero attached hydrogens (tertiary/aromatic N) is 3. The van der Waals surface area contributed by atoms with Gasteiger partial charge < -0.3 is 10.1 Å². The van der Waals surface area contributed by atoms with Crippen LogP contribution >= 0.6 is 11.6 Å². The van der Waals surface area contributed by atoms with Crippen LogP contribution in [-0.2, 0) is 0 Å². The van der Waals surface area contributed by atoms with Crippen LogP contribution in [0.15, 0.2) is 30.6 Å². The van der Waals surface area contributed by atoms with Gasteiger partial charge in [0, 0.05) is 25.2 Å². The third kappa shape index (κ3) is 3.08. The molecule has 0 aliphatic carbocycles. The van der Waals surface area contributed by atoms with Crippen LogP contribution < -0.4 is 10.1 Å². The van der Waals surface area contributed by atoms with E-state index in [0.29, 0.717) is 17.4 Å². The zero-order valence-electron chi connectivity index (χ0n) is 9.83. The van der Waals surface area contributed by atoms with Gasteiger partial charge in [0.05, 0.1) is 4.92 Å². The highest BCUT2D eigenvalue weighted by Crippen LogP contribution is 2.30. The van der Waals surface area contributed by atoms with Crippen molar-refractivity contribution in [3.8, 4) is 11.6 Å². The second kappa shape index (κ2) is 5.49. The molecule has 0 unspecified atom stereocenters. The first-order valence-corrected chi connectivity index (χ1v) is 5.59. The first-order valence-electron chi connectivity index (χ1n) is 5.21. The summed E-state index contributed by atoms with van der Waals surface area (Å²) in [6.45, 7) is 0. The summed E-state index contributed by atoms with van der Waals surface area (Å²) >= 11 is 5.78. The minimum atomic E-state index is -0.560. The SMILES string of the molecule is CNc1cc(Oc2ccc([N+](=O)[O-])c(Cl)c2)ncn1. The molecule has 19 heavy (non-hydrogen) atoms. The molecular weight excluding hydrogens is 272 g/mol. The molecule has 0 aliphatic rings. The summed E-state index contributed by atoms with van der Waals surface area (Å²) in [4.78, 5) is 17.9. The third-order valence-electron chi connectivity index (χ3n) is 2.24. The number of aromatic nitrogens is 2. The van der Waals surface area contributed by atoms with Crippen LogP contribution in [-0.4, -0.2) is 21.9 Å². The Morgan fingerprint density at radius 2 is 2.16 bits per heavy atom. The van der Waals surface area contributed by atoms with Crippen molar-refractivity contribution in [1.82, 2.24) is 9.97 Å². The van der Waals surface area contributed by atoms with Crippen LogP contribution in [0.5, 0.6) is 11.6 Å². The van der Waals surface area contributed by atoms with Crippen molar-refractivity contribution in [3.63, 3.8) is 0 Å². The standard InChI is InChI=1S/C11H9ClN4O3/c1-13-10-5-11(15-6-14-10)19-7-2-3-9(16(17)18)8(12)4-7/h2-6H,1H3,(H,13,14,15). The zero-order chi connectivity index (χ0) is 13.8. The Bertz CT molecular complexity index is 621. The average molecular weight is 281 g/mol. The van der Waals surface area contributed by atoms with Crippen LogP contribution in [0.1, 0.15) is 0 Å². The number of hydrogen-bond acceptors (Lipinski definition) is 6. The normalized spacial score (nSPS) is 10.0. The van der Waals surface area contributed by atoms with Gasteiger partial charge in [-0.2, -0.15) is 0 Å². The summed E-state index contributed by atoms with van der Waals surface area (Å²) in [5.74, 6) is 1.26. The minimum Gasteiger partial charge on any atom is -0.439 e. The highest BCUT2D eigenvalue weighted by atomic mass is 35.5. The van der Waals surface area contributed by atoms with Gasteiger partial charge in [-0.25, -0.2) is 9.97 Å². The summed E-state index contributed by atoms with van der Waals surface area (Å²) in [7, 11) is 1.72. The maximum absolute atomic E-state index is 10.6. The molecule has 0 atom stereocenters. The quantitative estimate of drug-likeness (QED) is 0.684. The fourth-order valence-corrected chi connectivity index (χ4v) is 1.59. The van der Waals surface area contributed by atoms with E-state index in [2.05, 4.69) is 15.3 Å². The lowest BCUT2D eigenvalue weighted by Crippen LogP contribution is -1.95. The van der Waals surface area contributed by atoms with Gasteiger partial charge in [0.25, 0.3) is 5.69 Å². The lowest BCUT2D eigenvalue weighted by Gasteiger charge is -2.06. The molecule has 0 bridgehead atoms. The van der Waals surface area contributed by atoms with Crippen molar-refractivity contribution in [1.29, 1.82) is 0 Å². The topological polar surface area (TPSA) is 90.2 Å². The predicted octanol–water partition coefficient (Wildman–Crippen LogP) is 2.87. The van der Waals surface area contributed by atoms with E-state index in [1.807, 2.05) is 0 Å². The summed E-state index contributed by atoms with van der Waals surface area (Å²) in [5.41, 5.74) is -0.174. The molecule has 0 saturated heterocycles. The number of ether oxygens (including phenoxy) is 1. The van der Waals surface area contributed by atoms with E-state index in [1.54, 1.807) is 13.1 Å². The fraction of sp³-hybridized carbons (Fsp3) is 0.0909. The van der Waals surface area contributed by atoms with Crippen LogP contribution in [0, 0.1) is 10.1 Å². The van der Waals surface area contributed by atoms with E-state index < -0.39 is 4.92 Å². The number of benzene rings is 1. The van der Waals surface area contributed by atoms with Gasteiger partial charge in [0.15, 0.2) is 0 Å². The number of nitrogens with one attached hydrogen (secondary N) is 1. The smallest absolute Gasteiger partial charge is 0.288 e. The summed E-state index contributed by atoms with van der Waals surface area (Å²) in [6, 6.07) is 5.68. The van der Waals surface area contributed by atoms with Crippen molar-refractivity contribution in [2.75, 3.05) is 12.4 Å². The van der Waals surface area contributed by atoms with Gasteiger partial charge in [-0.05, 0) is 6.07 Å². The Balaban J connectivity index is 2.23. The number of anilines is 1. The molecule has 2 rings (SSSR count). The largest absolute Gasteiger partial charge is 0.439 e. The lowest BCUT2D eigenvalue weighted by molar-refractivity contribution is -0.384. The molecule has 8 heteroatoms. The highest BCUT2D eigenvalue weighted by molar-refractivity contribution is 6.32.